The van der Waals surface area contributed by atoms with Crippen molar-refractivity contribution in [3.63, 3.8) is 0 Å². The third-order valence-corrected chi connectivity index (χ3v) is 4.07. The summed E-state index contributed by atoms with van der Waals surface area (Å²) in [6.45, 7) is 2.50. The van der Waals surface area contributed by atoms with Gasteiger partial charge in [0.1, 0.15) is 25.8 Å². The number of rotatable bonds is 8. The van der Waals surface area contributed by atoms with Crippen molar-refractivity contribution in [2.45, 2.75) is 26.1 Å². The Morgan fingerprint density at radius 1 is 1.19 bits per heavy atom. The summed E-state index contributed by atoms with van der Waals surface area (Å²) in [7, 11) is 1.60. The highest BCUT2D eigenvalue weighted by Crippen LogP contribution is 2.31. The van der Waals surface area contributed by atoms with Crippen LogP contribution in [0.25, 0.3) is 0 Å². The van der Waals surface area contributed by atoms with Crippen LogP contribution >= 0.6 is 0 Å². The second-order valence-corrected chi connectivity index (χ2v) is 6.07. The minimum absolute atomic E-state index is 0.125. The van der Waals surface area contributed by atoms with Crippen LogP contribution in [0.2, 0.25) is 0 Å². The molecular formula is C20H22N4O3. The predicted octanol–water partition coefficient (Wildman–Crippen LogP) is 2.74. The first kappa shape index (κ1) is 18.4. The first-order chi connectivity index (χ1) is 13.2. The van der Waals surface area contributed by atoms with Crippen molar-refractivity contribution in [3.05, 3.63) is 72.3 Å². The maximum Gasteiger partial charge on any atom is 0.242 e. The van der Waals surface area contributed by atoms with Crippen molar-refractivity contribution >= 4 is 5.91 Å². The third-order valence-electron chi connectivity index (χ3n) is 4.07. The van der Waals surface area contributed by atoms with Gasteiger partial charge < -0.3 is 14.8 Å². The molecule has 140 valence electrons. The Hall–Kier alpha value is -3.35. The molecule has 7 heteroatoms. The summed E-state index contributed by atoms with van der Waals surface area (Å²) in [6, 6.07) is 15.4. The maximum absolute atomic E-state index is 12.1. The van der Waals surface area contributed by atoms with Gasteiger partial charge in [-0.05, 0) is 30.2 Å². The number of nitrogens with zero attached hydrogens (tertiary/aromatic N) is 3. The molecule has 0 saturated carbocycles. The van der Waals surface area contributed by atoms with E-state index < -0.39 is 0 Å². The van der Waals surface area contributed by atoms with Gasteiger partial charge in [0.2, 0.25) is 5.91 Å². The van der Waals surface area contributed by atoms with E-state index in [0.29, 0.717) is 18.1 Å². The van der Waals surface area contributed by atoms with Crippen LogP contribution in [0.15, 0.2) is 61.2 Å². The summed E-state index contributed by atoms with van der Waals surface area (Å²) in [5.41, 5.74) is 2.00. The zero-order chi connectivity index (χ0) is 19.1. The van der Waals surface area contributed by atoms with E-state index in [4.69, 9.17) is 9.47 Å². The monoisotopic (exact) mass is 366 g/mol. The second-order valence-electron chi connectivity index (χ2n) is 6.07. The minimum atomic E-state index is -0.182. The Bertz CT molecular complexity index is 866. The third kappa shape index (κ3) is 5.07. The van der Waals surface area contributed by atoms with Gasteiger partial charge in [-0.25, -0.2) is 9.67 Å². The first-order valence-electron chi connectivity index (χ1n) is 8.62. The number of ether oxygens (including phenoxy) is 2. The average Bonchev–Trinajstić information content (AvgIpc) is 3.19. The molecule has 3 rings (SSSR count). The van der Waals surface area contributed by atoms with Crippen LogP contribution in [-0.2, 0) is 17.9 Å². The predicted molar refractivity (Wildman–Crippen MR) is 100 cm³/mol. The van der Waals surface area contributed by atoms with Gasteiger partial charge in [-0.1, -0.05) is 36.4 Å². The Morgan fingerprint density at radius 3 is 2.70 bits per heavy atom. The number of carbonyl (C=O) groups is 1. The molecule has 0 unspecified atom stereocenters. The molecule has 0 spiro atoms. The molecule has 1 N–H and O–H groups in total. The van der Waals surface area contributed by atoms with Crippen molar-refractivity contribution in [3.8, 4) is 11.5 Å². The lowest BCUT2D eigenvalue weighted by molar-refractivity contribution is -0.122. The SMILES string of the molecule is COc1cc([C@@H](C)NC(=O)Cn2cncn2)ccc1OCc1ccccc1. The number of methoxy groups -OCH3 is 1. The summed E-state index contributed by atoms with van der Waals surface area (Å²) < 4.78 is 12.8. The highest BCUT2D eigenvalue weighted by molar-refractivity contribution is 5.76. The summed E-state index contributed by atoms with van der Waals surface area (Å²) >= 11 is 0. The molecule has 0 fully saturated rings. The number of aromatic nitrogens is 3. The minimum Gasteiger partial charge on any atom is -0.493 e. The van der Waals surface area contributed by atoms with Crippen LogP contribution < -0.4 is 14.8 Å². The number of amides is 1. The normalized spacial score (nSPS) is 11.6. The molecule has 0 aliphatic heterocycles. The summed E-state index contributed by atoms with van der Waals surface area (Å²) in [5, 5.41) is 6.87. The van der Waals surface area contributed by atoms with Gasteiger partial charge >= 0.3 is 0 Å². The van der Waals surface area contributed by atoms with E-state index in [0.717, 1.165) is 11.1 Å². The quantitative estimate of drug-likeness (QED) is 0.663. The highest BCUT2D eigenvalue weighted by Gasteiger charge is 2.13. The lowest BCUT2D eigenvalue weighted by Gasteiger charge is -2.17. The van der Waals surface area contributed by atoms with Crippen molar-refractivity contribution in [2.24, 2.45) is 0 Å². The largest absolute Gasteiger partial charge is 0.493 e. The zero-order valence-corrected chi connectivity index (χ0v) is 15.3. The van der Waals surface area contributed by atoms with E-state index in [2.05, 4.69) is 15.4 Å². The number of carbonyl (C=O) groups excluding carboxylic acids is 1. The molecule has 0 bridgehead atoms. The van der Waals surface area contributed by atoms with Crippen LogP contribution in [0.1, 0.15) is 24.1 Å². The molecule has 2 aromatic carbocycles. The maximum atomic E-state index is 12.1. The smallest absolute Gasteiger partial charge is 0.242 e. The van der Waals surface area contributed by atoms with Crippen LogP contribution in [0, 0.1) is 0 Å². The lowest BCUT2D eigenvalue weighted by atomic mass is 10.1. The Morgan fingerprint density at radius 2 is 2.00 bits per heavy atom. The molecule has 3 aromatic rings. The summed E-state index contributed by atoms with van der Waals surface area (Å²) in [4.78, 5) is 15.9. The van der Waals surface area contributed by atoms with E-state index >= 15 is 0 Å². The molecule has 1 amide bonds. The summed E-state index contributed by atoms with van der Waals surface area (Å²) in [5.74, 6) is 1.14. The number of hydrogen-bond donors (Lipinski definition) is 1. The Labute approximate surface area is 158 Å². The van der Waals surface area contributed by atoms with Gasteiger partial charge in [-0.3, -0.25) is 4.79 Å². The fourth-order valence-corrected chi connectivity index (χ4v) is 2.64. The molecule has 0 saturated heterocycles. The van der Waals surface area contributed by atoms with Gasteiger partial charge in [-0.15, -0.1) is 0 Å². The van der Waals surface area contributed by atoms with E-state index in [9.17, 15) is 4.79 Å². The first-order valence-corrected chi connectivity index (χ1v) is 8.62. The van der Waals surface area contributed by atoms with Crippen LogP contribution in [0.3, 0.4) is 0 Å². The van der Waals surface area contributed by atoms with Gasteiger partial charge in [0, 0.05) is 0 Å². The molecule has 0 radical (unpaired) electrons. The van der Waals surface area contributed by atoms with Gasteiger partial charge in [0.05, 0.1) is 13.2 Å². The molecule has 27 heavy (non-hydrogen) atoms. The molecule has 1 aromatic heterocycles. The molecule has 0 aliphatic carbocycles. The van der Waals surface area contributed by atoms with E-state index in [-0.39, 0.29) is 18.5 Å². The van der Waals surface area contributed by atoms with Gasteiger partial charge in [0.25, 0.3) is 0 Å². The molecule has 7 nitrogen and oxygen atoms in total. The van der Waals surface area contributed by atoms with Gasteiger partial charge in [0.15, 0.2) is 11.5 Å². The van der Waals surface area contributed by atoms with Gasteiger partial charge in [-0.2, -0.15) is 5.10 Å². The Kier molecular flexibility index (Phi) is 6.04. The van der Waals surface area contributed by atoms with Crippen molar-refractivity contribution in [1.82, 2.24) is 20.1 Å². The fourth-order valence-electron chi connectivity index (χ4n) is 2.64. The van der Waals surface area contributed by atoms with Crippen LogP contribution in [0.4, 0.5) is 0 Å². The van der Waals surface area contributed by atoms with E-state index in [1.54, 1.807) is 7.11 Å². The highest BCUT2D eigenvalue weighted by atomic mass is 16.5. The number of nitrogens with one attached hydrogen (secondary N) is 1. The van der Waals surface area contributed by atoms with Crippen molar-refractivity contribution in [1.29, 1.82) is 0 Å². The van der Waals surface area contributed by atoms with Crippen molar-refractivity contribution < 1.29 is 14.3 Å². The van der Waals surface area contributed by atoms with Crippen LogP contribution in [0.5, 0.6) is 11.5 Å². The van der Waals surface area contributed by atoms with E-state index in [1.165, 1.54) is 17.3 Å². The van der Waals surface area contributed by atoms with E-state index in [1.807, 2.05) is 55.5 Å². The molecular weight excluding hydrogens is 344 g/mol. The lowest BCUT2D eigenvalue weighted by Crippen LogP contribution is -2.30. The Balaban J connectivity index is 1.63. The van der Waals surface area contributed by atoms with Crippen LogP contribution in [-0.4, -0.2) is 27.8 Å². The standard InChI is InChI=1S/C20H22N4O3/c1-15(23-20(25)11-24-14-21-13-22-24)17-8-9-18(19(10-17)26-2)27-12-16-6-4-3-5-7-16/h3-10,13-15H,11-12H2,1-2H3,(H,23,25)/t15-/m1/s1. The van der Waals surface area contributed by atoms with Crippen molar-refractivity contribution in [2.75, 3.05) is 7.11 Å². The number of benzene rings is 2. The average molecular weight is 366 g/mol. The second kappa shape index (κ2) is 8.84. The fraction of sp³-hybridized carbons (Fsp3) is 0.250. The zero-order valence-electron chi connectivity index (χ0n) is 15.3. The summed E-state index contributed by atoms with van der Waals surface area (Å²) in [6.07, 6.45) is 2.90. The molecule has 1 atom stereocenters. The number of hydrogen-bond acceptors (Lipinski definition) is 5. The topological polar surface area (TPSA) is 78.3 Å². The molecule has 0 aliphatic rings. The molecule has 1 heterocycles.